The molecule has 3 heteroatoms. The quantitative estimate of drug-likeness (QED) is 0.736. The summed E-state index contributed by atoms with van der Waals surface area (Å²) in [5.41, 5.74) is 2.73. The molecular formula is C12H11ClN2. The molecule has 1 aliphatic heterocycles. The predicted molar refractivity (Wildman–Crippen MR) is 61.2 cm³/mol. The van der Waals surface area contributed by atoms with Crippen molar-refractivity contribution < 1.29 is 0 Å². The number of nitrogens with zero attached hydrogens (tertiary/aromatic N) is 1. The molecule has 1 heterocycles. The third-order valence-electron chi connectivity index (χ3n) is 2.49. The molecule has 2 rings (SSSR count). The Kier molecular flexibility index (Phi) is 2.94. The van der Waals surface area contributed by atoms with Crippen LogP contribution < -0.4 is 5.32 Å². The first-order valence-corrected chi connectivity index (χ1v) is 5.32. The van der Waals surface area contributed by atoms with E-state index in [0.29, 0.717) is 5.02 Å². The molecule has 0 atom stereocenters. The molecule has 0 spiro atoms. The highest BCUT2D eigenvalue weighted by Crippen LogP contribution is 2.23. The molecule has 1 fully saturated rings. The zero-order valence-electron chi connectivity index (χ0n) is 8.26. The summed E-state index contributed by atoms with van der Waals surface area (Å²) in [5, 5.41) is 13.1. The van der Waals surface area contributed by atoms with Crippen molar-refractivity contribution in [2.24, 2.45) is 0 Å². The van der Waals surface area contributed by atoms with Crippen LogP contribution in [0, 0.1) is 11.3 Å². The van der Waals surface area contributed by atoms with Crippen molar-refractivity contribution in [2.75, 3.05) is 6.54 Å². The smallest absolute Gasteiger partial charge is 0.102 e. The molecule has 1 saturated heterocycles. The number of benzene rings is 1. The molecule has 0 aromatic heterocycles. The molecule has 0 amide bonds. The van der Waals surface area contributed by atoms with Gasteiger partial charge < -0.3 is 5.32 Å². The van der Waals surface area contributed by atoms with Gasteiger partial charge in [0.05, 0.1) is 5.57 Å². The molecule has 0 bridgehead atoms. The van der Waals surface area contributed by atoms with E-state index >= 15 is 0 Å². The van der Waals surface area contributed by atoms with Crippen LogP contribution in [0.25, 0.3) is 5.57 Å². The van der Waals surface area contributed by atoms with Crippen molar-refractivity contribution in [1.82, 2.24) is 5.32 Å². The first-order chi connectivity index (χ1) is 7.31. The summed E-state index contributed by atoms with van der Waals surface area (Å²) in [6.07, 6.45) is 2.07. The maximum absolute atomic E-state index is 9.13. The Bertz CT molecular complexity index is 418. The second-order valence-corrected chi connectivity index (χ2v) is 3.94. The first kappa shape index (κ1) is 10.1. The van der Waals surface area contributed by atoms with Crippen LogP contribution in [0.3, 0.4) is 0 Å². The van der Waals surface area contributed by atoms with Gasteiger partial charge >= 0.3 is 0 Å². The molecule has 0 radical (unpaired) electrons. The van der Waals surface area contributed by atoms with E-state index in [4.69, 9.17) is 16.9 Å². The molecule has 1 aromatic carbocycles. The highest BCUT2D eigenvalue weighted by atomic mass is 35.5. The highest BCUT2D eigenvalue weighted by molar-refractivity contribution is 6.30. The Balaban J connectivity index is 2.39. The fraction of sp³-hybridized carbons (Fsp3) is 0.250. The van der Waals surface area contributed by atoms with E-state index in [1.165, 1.54) is 0 Å². The molecule has 1 aromatic rings. The lowest BCUT2D eigenvalue weighted by Crippen LogP contribution is -2.05. The molecule has 1 N–H and O–H groups in total. The third kappa shape index (κ3) is 2.14. The Morgan fingerprint density at radius 1 is 1.33 bits per heavy atom. The zero-order chi connectivity index (χ0) is 10.7. The second-order valence-electron chi connectivity index (χ2n) is 3.50. The van der Waals surface area contributed by atoms with E-state index in [1.807, 2.05) is 24.3 Å². The fourth-order valence-electron chi connectivity index (χ4n) is 1.73. The molecule has 76 valence electrons. The lowest BCUT2D eigenvalue weighted by atomic mass is 10.0. The summed E-state index contributed by atoms with van der Waals surface area (Å²) < 4.78 is 0. The number of allylic oxidation sites excluding steroid dienone is 2. The van der Waals surface area contributed by atoms with Gasteiger partial charge in [-0.1, -0.05) is 23.7 Å². The Hall–Kier alpha value is -1.46. The van der Waals surface area contributed by atoms with Crippen molar-refractivity contribution in [3.63, 3.8) is 0 Å². The van der Waals surface area contributed by atoms with E-state index in [-0.39, 0.29) is 0 Å². The van der Waals surface area contributed by atoms with Gasteiger partial charge in [0.1, 0.15) is 6.07 Å². The van der Waals surface area contributed by atoms with Crippen LogP contribution in [-0.4, -0.2) is 6.54 Å². The largest absolute Gasteiger partial charge is 0.387 e. The molecule has 15 heavy (non-hydrogen) atoms. The van der Waals surface area contributed by atoms with Crippen LogP contribution >= 0.6 is 11.6 Å². The van der Waals surface area contributed by atoms with Crippen molar-refractivity contribution >= 4 is 17.2 Å². The minimum atomic E-state index is 0.695. The summed E-state index contributed by atoms with van der Waals surface area (Å²) in [5.74, 6) is 0. The first-order valence-electron chi connectivity index (χ1n) is 4.94. The van der Waals surface area contributed by atoms with E-state index in [1.54, 1.807) is 0 Å². The second kappa shape index (κ2) is 4.37. The van der Waals surface area contributed by atoms with Gasteiger partial charge in [0.15, 0.2) is 0 Å². The number of nitriles is 1. The van der Waals surface area contributed by atoms with E-state index < -0.39 is 0 Å². The maximum Gasteiger partial charge on any atom is 0.102 e. The van der Waals surface area contributed by atoms with Crippen molar-refractivity contribution in [3.05, 3.63) is 40.5 Å². The Morgan fingerprint density at radius 2 is 2.07 bits per heavy atom. The maximum atomic E-state index is 9.13. The van der Waals surface area contributed by atoms with Crippen LogP contribution in [0.5, 0.6) is 0 Å². The number of halogens is 1. The van der Waals surface area contributed by atoms with Gasteiger partial charge in [-0.25, -0.2) is 0 Å². The Morgan fingerprint density at radius 3 is 2.60 bits per heavy atom. The van der Waals surface area contributed by atoms with Crippen molar-refractivity contribution in [1.29, 1.82) is 5.26 Å². The minimum absolute atomic E-state index is 0.695. The average molecular weight is 219 g/mol. The van der Waals surface area contributed by atoms with Crippen molar-refractivity contribution in [2.45, 2.75) is 12.8 Å². The van der Waals surface area contributed by atoms with Crippen LogP contribution in [-0.2, 0) is 0 Å². The number of hydrogen-bond donors (Lipinski definition) is 1. The van der Waals surface area contributed by atoms with Gasteiger partial charge in [0, 0.05) is 17.3 Å². The summed E-state index contributed by atoms with van der Waals surface area (Å²) in [7, 11) is 0. The lowest BCUT2D eigenvalue weighted by Gasteiger charge is -2.04. The van der Waals surface area contributed by atoms with Crippen molar-refractivity contribution in [3.8, 4) is 6.07 Å². The molecule has 2 nitrogen and oxygen atoms in total. The van der Waals surface area contributed by atoms with Crippen LogP contribution in [0.2, 0.25) is 5.02 Å². The SMILES string of the molecule is N#CC(=C1CCCN1)c1ccc(Cl)cc1. The molecule has 0 saturated carbocycles. The van der Waals surface area contributed by atoms with Crippen LogP contribution in [0.1, 0.15) is 18.4 Å². The van der Waals surface area contributed by atoms with Gasteiger partial charge in [-0.2, -0.15) is 5.26 Å². The van der Waals surface area contributed by atoms with E-state index in [0.717, 1.165) is 36.2 Å². The van der Waals surface area contributed by atoms with Crippen LogP contribution in [0.15, 0.2) is 30.0 Å². The number of hydrogen-bond acceptors (Lipinski definition) is 2. The number of nitrogens with one attached hydrogen (secondary N) is 1. The molecular weight excluding hydrogens is 208 g/mol. The lowest BCUT2D eigenvalue weighted by molar-refractivity contribution is 0.904. The normalized spacial score (nSPS) is 18.1. The molecule has 0 aliphatic carbocycles. The third-order valence-corrected chi connectivity index (χ3v) is 2.74. The standard InChI is InChI=1S/C12H11ClN2/c13-10-5-3-9(4-6-10)11(8-14)12-2-1-7-15-12/h3-6,15H,1-2,7H2. The molecule has 1 aliphatic rings. The van der Waals surface area contributed by atoms with Gasteiger partial charge in [-0.05, 0) is 30.5 Å². The summed E-state index contributed by atoms with van der Waals surface area (Å²) in [4.78, 5) is 0. The monoisotopic (exact) mass is 218 g/mol. The summed E-state index contributed by atoms with van der Waals surface area (Å²) in [6.45, 7) is 0.966. The van der Waals surface area contributed by atoms with Gasteiger partial charge in [-0.15, -0.1) is 0 Å². The highest BCUT2D eigenvalue weighted by Gasteiger charge is 2.12. The summed E-state index contributed by atoms with van der Waals surface area (Å²) >= 11 is 5.80. The summed E-state index contributed by atoms with van der Waals surface area (Å²) in [6, 6.07) is 9.64. The van der Waals surface area contributed by atoms with E-state index in [2.05, 4.69) is 11.4 Å². The predicted octanol–water partition coefficient (Wildman–Crippen LogP) is 2.96. The fourth-order valence-corrected chi connectivity index (χ4v) is 1.86. The Labute approximate surface area is 94.2 Å². The van der Waals surface area contributed by atoms with E-state index in [9.17, 15) is 0 Å². The van der Waals surface area contributed by atoms with Crippen LogP contribution in [0.4, 0.5) is 0 Å². The van der Waals surface area contributed by atoms with Gasteiger partial charge in [0.25, 0.3) is 0 Å². The topological polar surface area (TPSA) is 35.8 Å². The average Bonchev–Trinajstić information content (AvgIpc) is 2.75. The zero-order valence-corrected chi connectivity index (χ0v) is 9.01. The molecule has 0 unspecified atom stereocenters. The van der Waals surface area contributed by atoms with Gasteiger partial charge in [-0.3, -0.25) is 0 Å². The van der Waals surface area contributed by atoms with Gasteiger partial charge in [0.2, 0.25) is 0 Å². The minimum Gasteiger partial charge on any atom is -0.387 e. The number of rotatable bonds is 1.